The van der Waals surface area contributed by atoms with Crippen LogP contribution in [0.2, 0.25) is 0 Å². The SMILES string of the molecule is COc1ccc(C)cc1/C(O)=C1\C(=O)C(=O)N(Cc2ccncc2)C1c1ccc(N(C)C)cc1. The molecule has 2 aromatic carbocycles. The third kappa shape index (κ3) is 4.24. The molecule has 0 aliphatic carbocycles. The minimum absolute atomic E-state index is 0.0422. The molecule has 1 aliphatic heterocycles. The summed E-state index contributed by atoms with van der Waals surface area (Å²) in [7, 11) is 5.38. The first-order chi connectivity index (χ1) is 16.3. The van der Waals surface area contributed by atoms with Crippen molar-refractivity contribution in [1.29, 1.82) is 0 Å². The number of hydrogen-bond acceptors (Lipinski definition) is 6. The molecule has 0 radical (unpaired) electrons. The van der Waals surface area contributed by atoms with Gasteiger partial charge in [-0.2, -0.15) is 0 Å². The molecule has 1 saturated heterocycles. The van der Waals surface area contributed by atoms with Crippen molar-refractivity contribution >= 4 is 23.1 Å². The Hall–Kier alpha value is -4.13. The van der Waals surface area contributed by atoms with E-state index >= 15 is 0 Å². The number of ether oxygens (including phenoxy) is 1. The second kappa shape index (κ2) is 9.39. The first kappa shape index (κ1) is 23.0. The number of rotatable bonds is 6. The molecule has 2 heterocycles. The average Bonchev–Trinajstić information content (AvgIpc) is 3.09. The van der Waals surface area contributed by atoms with Gasteiger partial charge in [-0.05, 0) is 54.4 Å². The van der Waals surface area contributed by atoms with Gasteiger partial charge in [-0.1, -0.05) is 23.8 Å². The molecule has 7 nitrogen and oxygen atoms in total. The largest absolute Gasteiger partial charge is 0.507 e. The Kier molecular flexibility index (Phi) is 6.36. The van der Waals surface area contributed by atoms with Crippen LogP contribution in [0.5, 0.6) is 5.75 Å². The molecule has 1 fully saturated rings. The van der Waals surface area contributed by atoms with Crippen LogP contribution in [0, 0.1) is 6.92 Å². The summed E-state index contributed by atoms with van der Waals surface area (Å²) in [4.78, 5) is 34.0. The van der Waals surface area contributed by atoms with E-state index in [0.29, 0.717) is 11.3 Å². The summed E-state index contributed by atoms with van der Waals surface area (Å²) in [5, 5.41) is 11.4. The number of anilines is 1. The highest BCUT2D eigenvalue weighted by Crippen LogP contribution is 2.42. The minimum atomic E-state index is -0.755. The molecular formula is C27H27N3O4. The Bertz CT molecular complexity index is 1250. The monoisotopic (exact) mass is 457 g/mol. The number of ketones is 1. The summed E-state index contributed by atoms with van der Waals surface area (Å²) in [6, 6.07) is 15.8. The number of aromatic nitrogens is 1. The maximum Gasteiger partial charge on any atom is 0.295 e. The maximum atomic E-state index is 13.3. The van der Waals surface area contributed by atoms with Gasteiger partial charge in [-0.3, -0.25) is 14.6 Å². The second-order valence-electron chi connectivity index (χ2n) is 8.47. The number of amides is 1. The smallest absolute Gasteiger partial charge is 0.295 e. The average molecular weight is 458 g/mol. The van der Waals surface area contributed by atoms with Crippen LogP contribution >= 0.6 is 0 Å². The Morgan fingerprint density at radius 2 is 1.74 bits per heavy atom. The number of aryl methyl sites for hydroxylation is 1. The van der Waals surface area contributed by atoms with Gasteiger partial charge in [0.1, 0.15) is 11.5 Å². The zero-order valence-corrected chi connectivity index (χ0v) is 19.6. The molecular weight excluding hydrogens is 430 g/mol. The molecule has 3 aromatic rings. The topological polar surface area (TPSA) is 83.0 Å². The molecule has 34 heavy (non-hydrogen) atoms. The Labute approximate surface area is 198 Å². The van der Waals surface area contributed by atoms with Gasteiger partial charge in [0.15, 0.2) is 0 Å². The van der Waals surface area contributed by atoms with Crippen molar-refractivity contribution in [2.24, 2.45) is 0 Å². The van der Waals surface area contributed by atoms with Crippen molar-refractivity contribution in [2.75, 3.05) is 26.1 Å². The minimum Gasteiger partial charge on any atom is -0.507 e. The van der Waals surface area contributed by atoms with Crippen LogP contribution in [0.3, 0.4) is 0 Å². The highest BCUT2D eigenvalue weighted by atomic mass is 16.5. The highest BCUT2D eigenvalue weighted by Gasteiger charge is 2.46. The Morgan fingerprint density at radius 3 is 2.35 bits per heavy atom. The number of hydrogen-bond donors (Lipinski definition) is 1. The number of pyridine rings is 1. The maximum absolute atomic E-state index is 13.3. The van der Waals surface area contributed by atoms with Gasteiger partial charge in [0, 0.05) is 38.7 Å². The number of aliphatic hydroxyl groups excluding tert-OH is 1. The Morgan fingerprint density at radius 1 is 1.06 bits per heavy atom. The van der Waals surface area contributed by atoms with Gasteiger partial charge in [0.2, 0.25) is 0 Å². The number of methoxy groups -OCH3 is 1. The molecule has 1 unspecified atom stereocenters. The van der Waals surface area contributed by atoms with Crippen molar-refractivity contribution in [3.05, 3.63) is 94.8 Å². The lowest BCUT2D eigenvalue weighted by molar-refractivity contribution is -0.140. The fourth-order valence-corrected chi connectivity index (χ4v) is 4.18. The summed E-state index contributed by atoms with van der Waals surface area (Å²) in [5.41, 5.74) is 3.85. The van der Waals surface area contributed by atoms with Gasteiger partial charge in [-0.25, -0.2) is 0 Å². The van der Waals surface area contributed by atoms with Crippen LogP contribution in [0.4, 0.5) is 5.69 Å². The predicted octanol–water partition coefficient (Wildman–Crippen LogP) is 4.09. The van der Waals surface area contributed by atoms with Crippen LogP contribution < -0.4 is 9.64 Å². The van der Waals surface area contributed by atoms with Gasteiger partial charge >= 0.3 is 0 Å². The number of carbonyl (C=O) groups excluding carboxylic acids is 2. The van der Waals surface area contributed by atoms with Crippen LogP contribution in [-0.4, -0.2) is 47.9 Å². The molecule has 4 rings (SSSR count). The fourth-order valence-electron chi connectivity index (χ4n) is 4.18. The number of benzene rings is 2. The quantitative estimate of drug-likeness (QED) is 0.341. The van der Waals surface area contributed by atoms with Crippen molar-refractivity contribution in [1.82, 2.24) is 9.88 Å². The standard InChI is InChI=1S/C27H27N3O4/c1-17-5-10-22(34-4)21(15-17)25(31)23-24(19-6-8-20(9-7-19)29(2)3)30(27(33)26(23)32)16-18-11-13-28-14-12-18/h5-15,24,31H,16H2,1-4H3/b25-23+. The summed E-state index contributed by atoms with van der Waals surface area (Å²) in [6.07, 6.45) is 3.29. The van der Waals surface area contributed by atoms with Crippen LogP contribution in [0.15, 0.2) is 72.6 Å². The van der Waals surface area contributed by atoms with E-state index in [9.17, 15) is 14.7 Å². The zero-order valence-electron chi connectivity index (χ0n) is 19.6. The van der Waals surface area contributed by atoms with Gasteiger partial charge < -0.3 is 19.6 Å². The van der Waals surface area contributed by atoms with Crippen LogP contribution in [0.1, 0.15) is 28.3 Å². The lowest BCUT2D eigenvalue weighted by atomic mass is 9.94. The zero-order chi connectivity index (χ0) is 24.4. The van der Waals surface area contributed by atoms with E-state index in [0.717, 1.165) is 22.4 Å². The van der Waals surface area contributed by atoms with Crippen LogP contribution in [0.25, 0.3) is 5.76 Å². The second-order valence-corrected chi connectivity index (χ2v) is 8.47. The lowest BCUT2D eigenvalue weighted by Gasteiger charge is -2.26. The van der Waals surface area contributed by atoms with Crippen molar-refractivity contribution in [3.8, 4) is 5.75 Å². The van der Waals surface area contributed by atoms with Crippen molar-refractivity contribution < 1.29 is 19.4 Å². The molecule has 1 N–H and O–H groups in total. The van der Waals surface area contributed by atoms with E-state index < -0.39 is 17.7 Å². The van der Waals surface area contributed by atoms with E-state index in [-0.39, 0.29) is 17.9 Å². The van der Waals surface area contributed by atoms with Gasteiger partial charge in [0.25, 0.3) is 11.7 Å². The number of nitrogens with zero attached hydrogens (tertiary/aromatic N) is 3. The Balaban J connectivity index is 1.90. The van der Waals surface area contributed by atoms with E-state index in [2.05, 4.69) is 4.98 Å². The molecule has 0 bridgehead atoms. The third-order valence-corrected chi connectivity index (χ3v) is 5.98. The number of carbonyl (C=O) groups is 2. The highest BCUT2D eigenvalue weighted by molar-refractivity contribution is 6.46. The normalized spacial score (nSPS) is 17.2. The first-order valence-corrected chi connectivity index (χ1v) is 10.9. The summed E-state index contributed by atoms with van der Waals surface area (Å²) in [6.45, 7) is 2.09. The molecule has 7 heteroatoms. The summed E-state index contributed by atoms with van der Waals surface area (Å²) in [5.74, 6) is -1.22. The molecule has 1 atom stereocenters. The molecule has 1 aliphatic rings. The molecule has 1 amide bonds. The van der Waals surface area contributed by atoms with E-state index in [1.54, 1.807) is 36.7 Å². The van der Waals surface area contributed by atoms with Gasteiger partial charge in [-0.15, -0.1) is 0 Å². The molecule has 1 aromatic heterocycles. The third-order valence-electron chi connectivity index (χ3n) is 5.98. The summed E-state index contributed by atoms with van der Waals surface area (Å²) >= 11 is 0. The van der Waals surface area contributed by atoms with Crippen LogP contribution in [-0.2, 0) is 16.1 Å². The number of aliphatic hydroxyl groups is 1. The number of Topliss-reactive ketones (excluding diaryl/α,β-unsaturated/α-hetero) is 1. The van der Waals surface area contributed by atoms with E-state index in [4.69, 9.17) is 4.74 Å². The van der Waals surface area contributed by atoms with E-state index in [1.807, 2.05) is 56.3 Å². The molecule has 174 valence electrons. The van der Waals surface area contributed by atoms with E-state index in [1.165, 1.54) is 12.0 Å². The molecule has 0 saturated carbocycles. The van der Waals surface area contributed by atoms with Crippen molar-refractivity contribution in [3.63, 3.8) is 0 Å². The first-order valence-electron chi connectivity index (χ1n) is 10.9. The molecule has 0 spiro atoms. The number of likely N-dealkylation sites (tertiary alicyclic amines) is 1. The summed E-state index contributed by atoms with van der Waals surface area (Å²) < 4.78 is 5.43. The fraction of sp³-hybridized carbons (Fsp3) is 0.222. The van der Waals surface area contributed by atoms with Gasteiger partial charge in [0.05, 0.1) is 24.3 Å². The van der Waals surface area contributed by atoms with Crippen molar-refractivity contribution in [2.45, 2.75) is 19.5 Å². The predicted molar refractivity (Wildman–Crippen MR) is 131 cm³/mol. The lowest BCUT2D eigenvalue weighted by Crippen LogP contribution is -2.29.